The Hall–Kier alpha value is -1.27. The van der Waals surface area contributed by atoms with E-state index in [1.165, 1.54) is 0 Å². The Kier molecular flexibility index (Phi) is 5.62. The van der Waals surface area contributed by atoms with Gasteiger partial charge in [0.05, 0.1) is 20.0 Å². The number of aryl methyl sites for hydroxylation is 1. The van der Waals surface area contributed by atoms with E-state index in [4.69, 9.17) is 9.47 Å². The average molecular weight is 287 g/mol. The highest BCUT2D eigenvalue weighted by atomic mass is 32.2. The molecule has 0 aliphatic rings. The molecule has 108 valence electrons. The van der Waals surface area contributed by atoms with Gasteiger partial charge in [0.1, 0.15) is 0 Å². The van der Waals surface area contributed by atoms with Crippen LogP contribution in [0.25, 0.3) is 0 Å². The highest BCUT2D eigenvalue weighted by molar-refractivity contribution is 7.89. The van der Waals surface area contributed by atoms with Gasteiger partial charge >= 0.3 is 0 Å². The zero-order valence-corrected chi connectivity index (χ0v) is 12.6. The van der Waals surface area contributed by atoms with Gasteiger partial charge in [0.2, 0.25) is 10.0 Å². The summed E-state index contributed by atoms with van der Waals surface area (Å²) >= 11 is 0. The third-order valence-corrected chi connectivity index (χ3v) is 4.33. The number of rotatable bonds is 7. The van der Waals surface area contributed by atoms with Crippen LogP contribution < -0.4 is 14.2 Å². The predicted octanol–water partition coefficient (Wildman–Crippen LogP) is 1.84. The second-order valence-electron chi connectivity index (χ2n) is 4.27. The van der Waals surface area contributed by atoms with Crippen LogP contribution in [0.5, 0.6) is 11.5 Å². The molecule has 0 atom stereocenters. The van der Waals surface area contributed by atoms with E-state index >= 15 is 0 Å². The molecule has 0 fully saturated rings. The minimum atomic E-state index is -3.20. The van der Waals surface area contributed by atoms with E-state index in [-0.39, 0.29) is 12.3 Å². The molecule has 0 heterocycles. The van der Waals surface area contributed by atoms with E-state index in [9.17, 15) is 8.42 Å². The van der Waals surface area contributed by atoms with E-state index in [2.05, 4.69) is 4.72 Å². The van der Waals surface area contributed by atoms with Crippen molar-refractivity contribution >= 4 is 10.0 Å². The van der Waals surface area contributed by atoms with E-state index in [0.29, 0.717) is 17.9 Å². The maximum atomic E-state index is 11.6. The van der Waals surface area contributed by atoms with Crippen molar-refractivity contribution in [2.75, 3.05) is 20.0 Å². The molecular weight excluding hydrogens is 266 g/mol. The third-order valence-electron chi connectivity index (χ3n) is 2.80. The summed E-state index contributed by atoms with van der Waals surface area (Å²) < 4.78 is 36.2. The fourth-order valence-electron chi connectivity index (χ4n) is 1.74. The summed E-state index contributed by atoms with van der Waals surface area (Å²) in [7, 11) is -0.0798. The first-order valence-electron chi connectivity index (χ1n) is 6.12. The molecule has 1 aromatic rings. The fraction of sp³-hybridized carbons (Fsp3) is 0.538. The molecule has 0 aromatic heterocycles. The van der Waals surface area contributed by atoms with Gasteiger partial charge in [-0.05, 0) is 36.6 Å². The van der Waals surface area contributed by atoms with Crippen molar-refractivity contribution in [3.8, 4) is 11.5 Å². The number of benzene rings is 1. The second kappa shape index (κ2) is 6.77. The lowest BCUT2D eigenvalue weighted by atomic mass is 10.1. The van der Waals surface area contributed by atoms with Crippen LogP contribution in [0, 0.1) is 6.92 Å². The molecule has 0 spiro atoms. The van der Waals surface area contributed by atoms with Crippen molar-refractivity contribution < 1.29 is 17.9 Å². The van der Waals surface area contributed by atoms with Gasteiger partial charge in [-0.3, -0.25) is 0 Å². The molecule has 0 saturated carbocycles. The van der Waals surface area contributed by atoms with Crippen LogP contribution in [0.3, 0.4) is 0 Å². The van der Waals surface area contributed by atoms with Crippen molar-refractivity contribution in [1.82, 2.24) is 4.72 Å². The molecule has 5 nitrogen and oxygen atoms in total. The van der Waals surface area contributed by atoms with Crippen LogP contribution in [0.2, 0.25) is 0 Å². The van der Waals surface area contributed by atoms with Crippen LogP contribution >= 0.6 is 0 Å². The number of hydrogen-bond donors (Lipinski definition) is 1. The van der Waals surface area contributed by atoms with Gasteiger partial charge in [-0.25, -0.2) is 13.1 Å². The third kappa shape index (κ3) is 4.40. The van der Waals surface area contributed by atoms with Crippen molar-refractivity contribution in [1.29, 1.82) is 0 Å². The van der Waals surface area contributed by atoms with Crippen LogP contribution in [0.4, 0.5) is 0 Å². The van der Waals surface area contributed by atoms with Crippen molar-refractivity contribution in [2.24, 2.45) is 0 Å². The Balaban J connectivity index is 2.90. The summed E-state index contributed by atoms with van der Waals surface area (Å²) in [6.07, 6.45) is 0.597. The zero-order chi connectivity index (χ0) is 14.5. The van der Waals surface area contributed by atoms with E-state index < -0.39 is 10.0 Å². The molecule has 19 heavy (non-hydrogen) atoms. The molecule has 0 amide bonds. The Morgan fingerprint density at radius 3 is 2.26 bits per heavy atom. The van der Waals surface area contributed by atoms with Gasteiger partial charge in [0.25, 0.3) is 0 Å². The minimum Gasteiger partial charge on any atom is -0.493 e. The number of nitrogens with one attached hydrogen (secondary N) is 1. The number of ether oxygens (including phenoxy) is 2. The number of methoxy groups -OCH3 is 2. The topological polar surface area (TPSA) is 64.6 Å². The maximum Gasteiger partial charge on any atom is 0.211 e. The van der Waals surface area contributed by atoms with Gasteiger partial charge in [-0.1, -0.05) is 6.92 Å². The SMILES string of the molecule is CCCS(=O)(=O)NCc1cc(OC)c(OC)cc1C. The Morgan fingerprint density at radius 2 is 1.74 bits per heavy atom. The Morgan fingerprint density at radius 1 is 1.16 bits per heavy atom. The van der Waals surface area contributed by atoms with Crippen LogP contribution in [0.15, 0.2) is 12.1 Å². The lowest BCUT2D eigenvalue weighted by molar-refractivity contribution is 0.354. The normalized spacial score (nSPS) is 11.4. The maximum absolute atomic E-state index is 11.6. The standard InChI is InChI=1S/C13H21NO4S/c1-5-6-19(15,16)14-9-11-8-13(18-4)12(17-3)7-10(11)2/h7-8,14H,5-6,9H2,1-4H3. The summed E-state index contributed by atoms with van der Waals surface area (Å²) in [4.78, 5) is 0. The highest BCUT2D eigenvalue weighted by Crippen LogP contribution is 2.30. The van der Waals surface area contributed by atoms with Crippen molar-refractivity contribution in [3.63, 3.8) is 0 Å². The molecule has 1 N–H and O–H groups in total. The summed E-state index contributed by atoms with van der Waals surface area (Å²) in [5.41, 5.74) is 1.83. The van der Waals surface area contributed by atoms with Gasteiger partial charge < -0.3 is 9.47 Å². The van der Waals surface area contributed by atoms with Crippen LogP contribution in [-0.2, 0) is 16.6 Å². The summed E-state index contributed by atoms with van der Waals surface area (Å²) in [5.74, 6) is 1.37. The Labute approximate surface area is 115 Å². The van der Waals surface area contributed by atoms with Crippen molar-refractivity contribution in [3.05, 3.63) is 23.3 Å². The first-order chi connectivity index (χ1) is 8.93. The van der Waals surface area contributed by atoms with Crippen molar-refractivity contribution in [2.45, 2.75) is 26.8 Å². The summed E-state index contributed by atoms with van der Waals surface area (Å²) in [6.45, 7) is 4.00. The van der Waals surface area contributed by atoms with Crippen LogP contribution in [-0.4, -0.2) is 28.4 Å². The zero-order valence-electron chi connectivity index (χ0n) is 11.8. The number of sulfonamides is 1. The molecule has 0 aliphatic heterocycles. The van der Waals surface area contributed by atoms with Gasteiger partial charge in [0, 0.05) is 6.54 Å². The van der Waals surface area contributed by atoms with Gasteiger partial charge in [0.15, 0.2) is 11.5 Å². The summed E-state index contributed by atoms with van der Waals surface area (Å²) in [5, 5.41) is 0. The smallest absolute Gasteiger partial charge is 0.211 e. The number of hydrogen-bond acceptors (Lipinski definition) is 4. The Bertz CT molecular complexity index is 526. The monoisotopic (exact) mass is 287 g/mol. The molecule has 0 bridgehead atoms. The lowest BCUT2D eigenvalue weighted by Crippen LogP contribution is -2.26. The predicted molar refractivity (Wildman–Crippen MR) is 75.2 cm³/mol. The fourth-order valence-corrected chi connectivity index (χ4v) is 2.80. The molecule has 0 radical (unpaired) electrons. The van der Waals surface area contributed by atoms with Gasteiger partial charge in [-0.15, -0.1) is 0 Å². The quantitative estimate of drug-likeness (QED) is 0.831. The van der Waals surface area contributed by atoms with Crippen LogP contribution in [0.1, 0.15) is 24.5 Å². The van der Waals surface area contributed by atoms with E-state index in [1.54, 1.807) is 20.3 Å². The average Bonchev–Trinajstić information content (AvgIpc) is 2.36. The first kappa shape index (κ1) is 15.8. The van der Waals surface area contributed by atoms with E-state index in [1.807, 2.05) is 19.9 Å². The largest absolute Gasteiger partial charge is 0.493 e. The second-order valence-corrected chi connectivity index (χ2v) is 6.20. The minimum absolute atomic E-state index is 0.138. The summed E-state index contributed by atoms with van der Waals surface area (Å²) in [6, 6.07) is 3.63. The molecule has 0 unspecified atom stereocenters. The lowest BCUT2D eigenvalue weighted by Gasteiger charge is -2.13. The first-order valence-corrected chi connectivity index (χ1v) is 7.77. The highest BCUT2D eigenvalue weighted by Gasteiger charge is 2.12. The molecule has 0 saturated heterocycles. The van der Waals surface area contributed by atoms with Gasteiger partial charge in [-0.2, -0.15) is 0 Å². The molecule has 1 aromatic carbocycles. The molecule has 0 aliphatic carbocycles. The molecular formula is C13H21NO4S. The molecule has 6 heteroatoms. The molecule has 1 rings (SSSR count). The van der Waals surface area contributed by atoms with E-state index in [0.717, 1.165) is 11.1 Å².